The number of amides is 2. The Kier molecular flexibility index (Phi) is 5.45. The van der Waals surface area contributed by atoms with E-state index in [0.717, 1.165) is 32.2 Å². The molecule has 2 saturated heterocycles. The van der Waals surface area contributed by atoms with E-state index in [1.54, 1.807) is 0 Å². The van der Waals surface area contributed by atoms with E-state index >= 15 is 0 Å². The van der Waals surface area contributed by atoms with Crippen LogP contribution >= 0.6 is 0 Å². The molecule has 0 saturated carbocycles. The lowest BCUT2D eigenvalue weighted by Crippen LogP contribution is -2.53. The molecule has 2 rings (SSSR count). The molecule has 1 N–H and O–H groups in total. The molecule has 0 spiro atoms. The van der Waals surface area contributed by atoms with Crippen LogP contribution in [-0.2, 0) is 9.53 Å². The van der Waals surface area contributed by atoms with Crippen molar-refractivity contribution in [2.45, 2.75) is 51.7 Å². The van der Waals surface area contributed by atoms with Gasteiger partial charge in [0.05, 0.1) is 6.10 Å². The number of likely N-dealkylation sites (tertiary alicyclic amines) is 2. The number of carboxylic acid groups (broad SMARTS) is 1. The summed E-state index contributed by atoms with van der Waals surface area (Å²) in [5.74, 6) is -0.246. The monoisotopic (exact) mass is 298 g/mol. The van der Waals surface area contributed by atoms with Gasteiger partial charge in [0.2, 0.25) is 0 Å². The van der Waals surface area contributed by atoms with Gasteiger partial charge < -0.3 is 19.6 Å². The molecule has 0 aromatic rings. The van der Waals surface area contributed by atoms with Crippen LogP contribution in [0.2, 0.25) is 0 Å². The van der Waals surface area contributed by atoms with Crippen molar-refractivity contribution in [3.63, 3.8) is 0 Å². The predicted molar refractivity (Wildman–Crippen MR) is 78.1 cm³/mol. The van der Waals surface area contributed by atoms with E-state index in [2.05, 4.69) is 13.8 Å². The summed E-state index contributed by atoms with van der Waals surface area (Å²) in [6.07, 6.45) is 3.55. The standard InChI is InChI=1S/C15H26N2O4/c1-11-3-8-17(12(2)9-11)15(20)16-6-4-13(5-7-16)21-10-14(18)19/h11-13H,3-10H2,1-2H3,(H,18,19). The first-order valence-electron chi connectivity index (χ1n) is 7.86. The van der Waals surface area contributed by atoms with Crippen molar-refractivity contribution in [1.29, 1.82) is 0 Å². The molecule has 21 heavy (non-hydrogen) atoms. The van der Waals surface area contributed by atoms with Gasteiger partial charge in [0, 0.05) is 25.7 Å². The summed E-state index contributed by atoms with van der Waals surface area (Å²) in [6, 6.07) is 0.438. The lowest BCUT2D eigenvalue weighted by Gasteiger charge is -2.41. The van der Waals surface area contributed by atoms with E-state index in [9.17, 15) is 9.59 Å². The zero-order valence-electron chi connectivity index (χ0n) is 13.0. The van der Waals surface area contributed by atoms with Crippen molar-refractivity contribution >= 4 is 12.0 Å². The van der Waals surface area contributed by atoms with Crippen LogP contribution < -0.4 is 0 Å². The van der Waals surface area contributed by atoms with Gasteiger partial charge in [-0.3, -0.25) is 0 Å². The molecule has 2 aliphatic heterocycles. The van der Waals surface area contributed by atoms with Crippen molar-refractivity contribution in [2.75, 3.05) is 26.2 Å². The van der Waals surface area contributed by atoms with Crippen LogP contribution in [0.25, 0.3) is 0 Å². The second kappa shape index (κ2) is 7.11. The lowest BCUT2D eigenvalue weighted by molar-refractivity contribution is -0.145. The van der Waals surface area contributed by atoms with Gasteiger partial charge >= 0.3 is 12.0 Å². The average Bonchev–Trinajstić information content (AvgIpc) is 2.45. The van der Waals surface area contributed by atoms with Crippen molar-refractivity contribution in [2.24, 2.45) is 5.92 Å². The number of ether oxygens (including phenoxy) is 1. The number of urea groups is 1. The van der Waals surface area contributed by atoms with E-state index in [0.29, 0.717) is 25.0 Å². The number of aliphatic carboxylic acids is 1. The predicted octanol–water partition coefficient (Wildman–Crippen LogP) is 1.79. The first-order chi connectivity index (χ1) is 9.97. The second-order valence-corrected chi connectivity index (χ2v) is 6.35. The lowest BCUT2D eigenvalue weighted by atomic mass is 9.93. The maximum Gasteiger partial charge on any atom is 0.329 e. The minimum atomic E-state index is -0.940. The highest BCUT2D eigenvalue weighted by atomic mass is 16.5. The molecule has 2 aliphatic rings. The summed E-state index contributed by atoms with van der Waals surface area (Å²) >= 11 is 0. The zero-order chi connectivity index (χ0) is 15.4. The van der Waals surface area contributed by atoms with Gasteiger partial charge in [0.25, 0.3) is 0 Å². The van der Waals surface area contributed by atoms with Crippen LogP contribution in [-0.4, -0.2) is 65.3 Å². The SMILES string of the molecule is CC1CCN(C(=O)N2CCC(OCC(=O)O)CC2)C(C)C1. The van der Waals surface area contributed by atoms with Crippen molar-refractivity contribution in [3.8, 4) is 0 Å². The average molecular weight is 298 g/mol. The largest absolute Gasteiger partial charge is 0.480 e. The van der Waals surface area contributed by atoms with Crippen LogP contribution in [0.4, 0.5) is 4.79 Å². The van der Waals surface area contributed by atoms with E-state index in [1.807, 2.05) is 9.80 Å². The number of carbonyl (C=O) groups is 2. The molecule has 0 aromatic carbocycles. The Bertz CT molecular complexity index is 380. The van der Waals surface area contributed by atoms with Crippen molar-refractivity contribution in [3.05, 3.63) is 0 Å². The van der Waals surface area contributed by atoms with Gasteiger partial charge in [-0.2, -0.15) is 0 Å². The van der Waals surface area contributed by atoms with Gasteiger partial charge in [-0.15, -0.1) is 0 Å². The van der Waals surface area contributed by atoms with Crippen LogP contribution in [0, 0.1) is 5.92 Å². The molecule has 0 radical (unpaired) electrons. The highest BCUT2D eigenvalue weighted by Gasteiger charge is 2.32. The number of hydrogen-bond donors (Lipinski definition) is 1. The van der Waals surface area contributed by atoms with Crippen LogP contribution in [0.5, 0.6) is 0 Å². The van der Waals surface area contributed by atoms with Gasteiger partial charge in [0.15, 0.2) is 0 Å². The molecule has 120 valence electrons. The smallest absolute Gasteiger partial charge is 0.329 e. The third-order valence-corrected chi connectivity index (χ3v) is 4.54. The molecule has 6 nitrogen and oxygen atoms in total. The number of carbonyl (C=O) groups excluding carboxylic acids is 1. The second-order valence-electron chi connectivity index (χ2n) is 6.35. The maximum atomic E-state index is 12.6. The zero-order valence-corrected chi connectivity index (χ0v) is 13.0. The Morgan fingerprint density at radius 2 is 1.81 bits per heavy atom. The fraction of sp³-hybridized carbons (Fsp3) is 0.867. The topological polar surface area (TPSA) is 70.1 Å². The number of nitrogens with zero attached hydrogens (tertiary/aromatic N) is 2. The number of carboxylic acids is 1. The van der Waals surface area contributed by atoms with E-state index in [-0.39, 0.29) is 18.7 Å². The summed E-state index contributed by atoms with van der Waals surface area (Å²) < 4.78 is 5.30. The Labute approximate surface area is 126 Å². The molecule has 0 aliphatic carbocycles. The molecular weight excluding hydrogens is 272 g/mol. The van der Waals surface area contributed by atoms with Gasteiger partial charge in [-0.25, -0.2) is 9.59 Å². The van der Waals surface area contributed by atoms with E-state index < -0.39 is 5.97 Å². The molecule has 6 heteroatoms. The molecule has 2 fully saturated rings. The minimum Gasteiger partial charge on any atom is -0.480 e. The van der Waals surface area contributed by atoms with Crippen LogP contribution in [0.3, 0.4) is 0 Å². The summed E-state index contributed by atoms with van der Waals surface area (Å²) in [6.45, 7) is 6.26. The Morgan fingerprint density at radius 1 is 1.14 bits per heavy atom. The highest BCUT2D eigenvalue weighted by Crippen LogP contribution is 2.24. The van der Waals surface area contributed by atoms with Gasteiger partial charge in [0.1, 0.15) is 6.61 Å². The van der Waals surface area contributed by atoms with E-state index in [1.165, 1.54) is 0 Å². The first-order valence-corrected chi connectivity index (χ1v) is 7.86. The van der Waals surface area contributed by atoms with Crippen LogP contribution in [0.1, 0.15) is 39.5 Å². The molecule has 2 unspecified atom stereocenters. The third-order valence-electron chi connectivity index (χ3n) is 4.54. The third kappa shape index (κ3) is 4.33. The fourth-order valence-corrected chi connectivity index (χ4v) is 3.28. The summed E-state index contributed by atoms with van der Waals surface area (Å²) in [7, 11) is 0. The number of piperidine rings is 2. The number of rotatable bonds is 3. The van der Waals surface area contributed by atoms with Gasteiger partial charge in [-0.1, -0.05) is 6.92 Å². The number of hydrogen-bond acceptors (Lipinski definition) is 3. The minimum absolute atomic E-state index is 0.0380. The highest BCUT2D eigenvalue weighted by molar-refractivity contribution is 5.75. The van der Waals surface area contributed by atoms with E-state index in [4.69, 9.17) is 9.84 Å². The molecule has 2 heterocycles. The first kappa shape index (κ1) is 16.1. The molecule has 0 bridgehead atoms. The van der Waals surface area contributed by atoms with Crippen molar-refractivity contribution < 1.29 is 19.4 Å². The normalized spacial score (nSPS) is 27.7. The van der Waals surface area contributed by atoms with Gasteiger partial charge in [-0.05, 0) is 38.5 Å². The Morgan fingerprint density at radius 3 is 2.38 bits per heavy atom. The summed E-state index contributed by atoms with van der Waals surface area (Å²) in [5, 5.41) is 8.61. The fourth-order valence-electron chi connectivity index (χ4n) is 3.28. The Balaban J connectivity index is 1.79. The molecule has 2 atom stereocenters. The summed E-state index contributed by atoms with van der Waals surface area (Å²) in [5.41, 5.74) is 0. The quantitative estimate of drug-likeness (QED) is 0.862. The molecule has 2 amide bonds. The maximum absolute atomic E-state index is 12.6. The molecule has 0 aromatic heterocycles. The Hall–Kier alpha value is -1.30. The summed E-state index contributed by atoms with van der Waals surface area (Å²) in [4.78, 5) is 26.9. The van der Waals surface area contributed by atoms with Crippen LogP contribution in [0.15, 0.2) is 0 Å². The molecular formula is C15H26N2O4. The van der Waals surface area contributed by atoms with Crippen molar-refractivity contribution in [1.82, 2.24) is 9.80 Å².